The van der Waals surface area contributed by atoms with E-state index in [0.717, 1.165) is 6.42 Å². The van der Waals surface area contributed by atoms with Crippen molar-refractivity contribution in [1.29, 1.82) is 0 Å². The third-order valence-electron chi connectivity index (χ3n) is 3.62. The maximum Gasteiger partial charge on any atom is 0.0438 e. The third kappa shape index (κ3) is 1.35. The number of nitrogens with two attached hydrogens (primary N) is 1. The molecule has 1 aromatic rings. The zero-order chi connectivity index (χ0) is 9.69. The summed E-state index contributed by atoms with van der Waals surface area (Å²) in [6.45, 7) is 6.62. The van der Waals surface area contributed by atoms with Gasteiger partial charge in [0.05, 0.1) is 0 Å². The standard InChI is InChI=1S/C12H17N.ClH/c1-11(2)8-9-6-4-5-7-10(9)12(11,3)13;/h4-7H,8,13H2,1-3H3;1H. The van der Waals surface area contributed by atoms with Crippen molar-refractivity contribution >= 4 is 12.4 Å². The number of halogens is 1. The minimum atomic E-state index is -0.177. The van der Waals surface area contributed by atoms with E-state index in [1.165, 1.54) is 11.1 Å². The normalized spacial score (nSPS) is 28.0. The van der Waals surface area contributed by atoms with Crippen LogP contribution in [0.3, 0.4) is 0 Å². The zero-order valence-corrected chi connectivity index (χ0v) is 9.82. The Bertz CT molecular complexity index is 342. The van der Waals surface area contributed by atoms with Gasteiger partial charge in [-0.15, -0.1) is 12.4 Å². The molecule has 0 saturated heterocycles. The predicted octanol–water partition coefficient (Wildman–Crippen LogP) is 2.86. The lowest BCUT2D eigenvalue weighted by molar-refractivity contribution is 0.211. The van der Waals surface area contributed by atoms with Crippen molar-refractivity contribution in [3.8, 4) is 0 Å². The summed E-state index contributed by atoms with van der Waals surface area (Å²) < 4.78 is 0. The maximum absolute atomic E-state index is 6.37. The van der Waals surface area contributed by atoms with Gasteiger partial charge in [0.1, 0.15) is 0 Å². The smallest absolute Gasteiger partial charge is 0.0438 e. The van der Waals surface area contributed by atoms with Crippen molar-refractivity contribution in [2.24, 2.45) is 11.1 Å². The lowest BCUT2D eigenvalue weighted by Crippen LogP contribution is -2.43. The molecule has 1 aliphatic carbocycles. The van der Waals surface area contributed by atoms with Crippen LogP contribution in [0, 0.1) is 5.41 Å². The van der Waals surface area contributed by atoms with Crippen LogP contribution in [0.2, 0.25) is 0 Å². The number of hydrogen-bond acceptors (Lipinski definition) is 1. The molecular formula is C12H18ClN. The molecule has 1 atom stereocenters. The van der Waals surface area contributed by atoms with Crippen LogP contribution in [-0.4, -0.2) is 0 Å². The van der Waals surface area contributed by atoms with Gasteiger partial charge in [-0.3, -0.25) is 0 Å². The SMILES string of the molecule is CC1(C)Cc2ccccc2C1(C)N.Cl. The first-order chi connectivity index (χ1) is 5.95. The van der Waals surface area contributed by atoms with Gasteiger partial charge < -0.3 is 5.73 Å². The van der Waals surface area contributed by atoms with Crippen LogP contribution < -0.4 is 5.73 Å². The summed E-state index contributed by atoms with van der Waals surface area (Å²) in [6.07, 6.45) is 1.09. The fraction of sp³-hybridized carbons (Fsp3) is 0.500. The summed E-state index contributed by atoms with van der Waals surface area (Å²) in [7, 11) is 0. The molecule has 1 unspecified atom stereocenters. The fourth-order valence-corrected chi connectivity index (χ4v) is 2.21. The lowest BCUT2D eigenvalue weighted by Gasteiger charge is -2.35. The second-order valence-electron chi connectivity index (χ2n) is 4.92. The first-order valence-electron chi connectivity index (χ1n) is 4.82. The molecule has 0 radical (unpaired) electrons. The maximum atomic E-state index is 6.37. The molecule has 0 heterocycles. The number of rotatable bonds is 0. The monoisotopic (exact) mass is 211 g/mol. The van der Waals surface area contributed by atoms with Gasteiger partial charge >= 0.3 is 0 Å². The quantitative estimate of drug-likeness (QED) is 0.702. The first-order valence-corrected chi connectivity index (χ1v) is 4.82. The van der Waals surface area contributed by atoms with Crippen LogP contribution >= 0.6 is 12.4 Å². The van der Waals surface area contributed by atoms with E-state index in [1.807, 2.05) is 0 Å². The van der Waals surface area contributed by atoms with Crippen molar-refractivity contribution < 1.29 is 0 Å². The Kier molecular flexibility index (Phi) is 2.68. The van der Waals surface area contributed by atoms with E-state index in [9.17, 15) is 0 Å². The van der Waals surface area contributed by atoms with E-state index in [0.29, 0.717) is 0 Å². The summed E-state index contributed by atoms with van der Waals surface area (Å²) >= 11 is 0. The molecule has 2 heteroatoms. The molecule has 0 fully saturated rings. The van der Waals surface area contributed by atoms with Crippen LogP contribution in [-0.2, 0) is 12.0 Å². The summed E-state index contributed by atoms with van der Waals surface area (Å²) in [4.78, 5) is 0. The molecule has 0 aliphatic heterocycles. The Balaban J connectivity index is 0.000000980. The van der Waals surface area contributed by atoms with Crippen molar-refractivity contribution in [2.75, 3.05) is 0 Å². The van der Waals surface area contributed by atoms with E-state index in [2.05, 4.69) is 45.0 Å². The Morgan fingerprint density at radius 3 is 2.29 bits per heavy atom. The highest BCUT2D eigenvalue weighted by molar-refractivity contribution is 5.85. The predicted molar refractivity (Wildman–Crippen MR) is 62.7 cm³/mol. The second kappa shape index (κ2) is 3.25. The molecule has 0 bridgehead atoms. The Morgan fingerprint density at radius 2 is 1.71 bits per heavy atom. The average molecular weight is 212 g/mol. The van der Waals surface area contributed by atoms with E-state index >= 15 is 0 Å². The summed E-state index contributed by atoms with van der Waals surface area (Å²) in [6, 6.07) is 8.51. The van der Waals surface area contributed by atoms with E-state index in [4.69, 9.17) is 5.73 Å². The second-order valence-corrected chi connectivity index (χ2v) is 4.92. The van der Waals surface area contributed by atoms with E-state index in [1.54, 1.807) is 0 Å². The van der Waals surface area contributed by atoms with Crippen molar-refractivity contribution in [2.45, 2.75) is 32.7 Å². The highest BCUT2D eigenvalue weighted by Crippen LogP contribution is 2.47. The summed E-state index contributed by atoms with van der Waals surface area (Å²) in [5, 5.41) is 0. The largest absolute Gasteiger partial charge is 0.321 e. The lowest BCUT2D eigenvalue weighted by atomic mass is 9.75. The average Bonchev–Trinajstić information content (AvgIpc) is 2.20. The molecule has 2 rings (SSSR count). The molecule has 14 heavy (non-hydrogen) atoms. The topological polar surface area (TPSA) is 26.0 Å². The molecule has 1 aliphatic rings. The van der Waals surface area contributed by atoms with Crippen molar-refractivity contribution in [3.63, 3.8) is 0 Å². The molecule has 0 spiro atoms. The third-order valence-corrected chi connectivity index (χ3v) is 3.62. The Morgan fingerprint density at radius 1 is 1.14 bits per heavy atom. The van der Waals surface area contributed by atoms with Gasteiger partial charge in [-0.1, -0.05) is 38.1 Å². The molecule has 0 amide bonds. The van der Waals surface area contributed by atoms with Gasteiger partial charge in [-0.2, -0.15) is 0 Å². The molecule has 2 N–H and O–H groups in total. The van der Waals surface area contributed by atoms with Gasteiger partial charge in [0.2, 0.25) is 0 Å². The molecular weight excluding hydrogens is 194 g/mol. The summed E-state index contributed by atoms with van der Waals surface area (Å²) in [5.41, 5.74) is 9.10. The number of hydrogen-bond donors (Lipinski definition) is 1. The molecule has 0 saturated carbocycles. The van der Waals surface area contributed by atoms with Crippen molar-refractivity contribution in [3.05, 3.63) is 35.4 Å². The Labute approximate surface area is 92.1 Å². The fourth-order valence-electron chi connectivity index (χ4n) is 2.21. The van der Waals surface area contributed by atoms with Crippen molar-refractivity contribution in [1.82, 2.24) is 0 Å². The molecule has 78 valence electrons. The van der Waals surface area contributed by atoms with Crippen LogP contribution in [0.15, 0.2) is 24.3 Å². The number of benzene rings is 1. The van der Waals surface area contributed by atoms with Crippen LogP contribution in [0.25, 0.3) is 0 Å². The first kappa shape index (κ1) is 11.5. The van der Waals surface area contributed by atoms with Gasteiger partial charge in [0, 0.05) is 5.54 Å². The van der Waals surface area contributed by atoms with Gasteiger partial charge in [0.25, 0.3) is 0 Å². The Hall–Kier alpha value is -0.530. The van der Waals surface area contributed by atoms with Gasteiger partial charge in [-0.05, 0) is 29.9 Å². The van der Waals surface area contributed by atoms with Crippen LogP contribution in [0.1, 0.15) is 31.9 Å². The molecule has 1 nitrogen and oxygen atoms in total. The van der Waals surface area contributed by atoms with E-state index in [-0.39, 0.29) is 23.4 Å². The van der Waals surface area contributed by atoms with Crippen LogP contribution in [0.5, 0.6) is 0 Å². The minimum absolute atomic E-state index is 0. The highest BCUT2D eigenvalue weighted by atomic mass is 35.5. The zero-order valence-electron chi connectivity index (χ0n) is 9.00. The van der Waals surface area contributed by atoms with Crippen LogP contribution in [0.4, 0.5) is 0 Å². The minimum Gasteiger partial charge on any atom is -0.321 e. The number of fused-ring (bicyclic) bond motifs is 1. The molecule has 1 aromatic carbocycles. The highest BCUT2D eigenvalue weighted by Gasteiger charge is 2.45. The van der Waals surface area contributed by atoms with E-state index < -0.39 is 0 Å². The van der Waals surface area contributed by atoms with Gasteiger partial charge in [0.15, 0.2) is 0 Å². The molecule has 0 aromatic heterocycles. The van der Waals surface area contributed by atoms with Gasteiger partial charge in [-0.25, -0.2) is 0 Å². The summed E-state index contributed by atoms with van der Waals surface area (Å²) in [5.74, 6) is 0.